The number of thiazole rings is 1. The van der Waals surface area contributed by atoms with E-state index < -0.39 is 0 Å². The molecule has 0 saturated heterocycles. The van der Waals surface area contributed by atoms with Crippen molar-refractivity contribution >= 4 is 22.9 Å². The van der Waals surface area contributed by atoms with Gasteiger partial charge in [0, 0.05) is 29.0 Å². The van der Waals surface area contributed by atoms with Crippen molar-refractivity contribution in [1.82, 2.24) is 4.98 Å². The van der Waals surface area contributed by atoms with Gasteiger partial charge in [0.15, 0.2) is 0 Å². The van der Waals surface area contributed by atoms with Gasteiger partial charge in [-0.2, -0.15) is 0 Å². The van der Waals surface area contributed by atoms with Crippen LogP contribution in [0.25, 0.3) is 11.3 Å². The summed E-state index contributed by atoms with van der Waals surface area (Å²) in [6.45, 7) is 3.33. The highest BCUT2D eigenvalue weighted by Gasteiger charge is 2.13. The number of nitrogens with two attached hydrogens (primary N) is 1. The molecule has 0 radical (unpaired) electrons. The summed E-state index contributed by atoms with van der Waals surface area (Å²) in [5.41, 5.74) is 8.91. The van der Waals surface area contributed by atoms with Crippen LogP contribution in [-0.2, 0) is 17.6 Å². The first-order chi connectivity index (χ1) is 9.65. The van der Waals surface area contributed by atoms with Crippen LogP contribution in [0.1, 0.15) is 15.4 Å². The molecular weight excluding hydrogens is 292 g/mol. The van der Waals surface area contributed by atoms with Crippen molar-refractivity contribution in [2.24, 2.45) is 5.73 Å². The minimum Gasteiger partial charge on any atom is -0.384 e. The zero-order valence-corrected chi connectivity index (χ0v) is 13.4. The lowest BCUT2D eigenvalue weighted by atomic mass is 10.1. The van der Waals surface area contributed by atoms with Gasteiger partial charge in [-0.15, -0.1) is 11.3 Å². The molecule has 0 bridgehead atoms. The Morgan fingerprint density at radius 1 is 1.35 bits per heavy atom. The summed E-state index contributed by atoms with van der Waals surface area (Å²) in [4.78, 5) is 5.98. The summed E-state index contributed by atoms with van der Waals surface area (Å²) < 4.78 is 5.12. The molecule has 3 nitrogen and oxygen atoms in total. The van der Waals surface area contributed by atoms with Gasteiger partial charge in [0.05, 0.1) is 17.3 Å². The van der Waals surface area contributed by atoms with Gasteiger partial charge in [-0.1, -0.05) is 17.7 Å². The molecule has 0 saturated carbocycles. The molecular formula is C15H19ClN2OS. The lowest BCUT2D eigenvalue weighted by molar-refractivity contribution is 0.202. The highest BCUT2D eigenvalue weighted by Crippen LogP contribution is 2.31. The van der Waals surface area contributed by atoms with Crippen LogP contribution in [0.15, 0.2) is 18.2 Å². The first kappa shape index (κ1) is 15.4. The molecule has 108 valence electrons. The largest absolute Gasteiger partial charge is 0.384 e. The van der Waals surface area contributed by atoms with Crippen molar-refractivity contribution in [3.63, 3.8) is 0 Å². The number of benzene rings is 1. The maximum atomic E-state index is 6.09. The van der Waals surface area contributed by atoms with Crippen molar-refractivity contribution < 1.29 is 4.74 Å². The van der Waals surface area contributed by atoms with E-state index in [2.05, 4.69) is 6.07 Å². The molecule has 0 spiro atoms. The van der Waals surface area contributed by atoms with Crippen molar-refractivity contribution in [2.45, 2.75) is 19.8 Å². The first-order valence-corrected chi connectivity index (χ1v) is 7.79. The molecule has 5 heteroatoms. The Hall–Kier alpha value is -0.940. The average Bonchev–Trinajstić information content (AvgIpc) is 2.83. The van der Waals surface area contributed by atoms with E-state index in [-0.39, 0.29) is 0 Å². The Kier molecular flexibility index (Phi) is 5.54. The highest BCUT2D eigenvalue weighted by molar-refractivity contribution is 7.12. The van der Waals surface area contributed by atoms with E-state index in [4.69, 9.17) is 27.1 Å². The van der Waals surface area contributed by atoms with Crippen LogP contribution in [0.4, 0.5) is 0 Å². The number of halogens is 1. The zero-order valence-electron chi connectivity index (χ0n) is 11.8. The lowest BCUT2D eigenvalue weighted by Crippen LogP contribution is -2.02. The Morgan fingerprint density at radius 3 is 2.80 bits per heavy atom. The summed E-state index contributed by atoms with van der Waals surface area (Å²) in [5.74, 6) is 0. The van der Waals surface area contributed by atoms with E-state index in [0.717, 1.165) is 39.7 Å². The van der Waals surface area contributed by atoms with E-state index >= 15 is 0 Å². The van der Waals surface area contributed by atoms with Crippen molar-refractivity contribution in [2.75, 3.05) is 20.3 Å². The molecule has 2 N–H and O–H groups in total. The molecule has 1 heterocycles. The maximum absolute atomic E-state index is 6.09. The number of aromatic nitrogens is 1. The number of ether oxygens (including phenoxy) is 1. The SMILES string of the molecule is COCCc1nc(-c2ccc(Cl)c(C)c2)c(CCN)s1. The predicted molar refractivity (Wildman–Crippen MR) is 85.6 cm³/mol. The second-order valence-electron chi connectivity index (χ2n) is 4.62. The van der Waals surface area contributed by atoms with Crippen molar-refractivity contribution in [3.05, 3.63) is 38.7 Å². The third kappa shape index (κ3) is 3.58. The van der Waals surface area contributed by atoms with E-state index in [9.17, 15) is 0 Å². The molecule has 0 aliphatic rings. The smallest absolute Gasteiger partial charge is 0.0958 e. The summed E-state index contributed by atoms with van der Waals surface area (Å²) in [6.07, 6.45) is 1.69. The van der Waals surface area contributed by atoms with Crippen LogP contribution in [0.5, 0.6) is 0 Å². The third-order valence-electron chi connectivity index (χ3n) is 3.06. The topological polar surface area (TPSA) is 48.1 Å². The second-order valence-corrected chi connectivity index (χ2v) is 6.20. The summed E-state index contributed by atoms with van der Waals surface area (Å²) in [6, 6.07) is 6.02. The van der Waals surface area contributed by atoms with Gasteiger partial charge in [0.25, 0.3) is 0 Å². The number of methoxy groups -OCH3 is 1. The molecule has 0 unspecified atom stereocenters. The maximum Gasteiger partial charge on any atom is 0.0958 e. The highest BCUT2D eigenvalue weighted by atomic mass is 35.5. The normalized spacial score (nSPS) is 11.0. The van der Waals surface area contributed by atoms with Crippen LogP contribution in [0, 0.1) is 6.92 Å². The van der Waals surface area contributed by atoms with Gasteiger partial charge in [0.1, 0.15) is 0 Å². The molecule has 1 aromatic heterocycles. The standard InChI is InChI=1S/C15H19ClN2OS/c1-10-9-11(3-4-12(10)16)15-13(5-7-17)20-14(18-15)6-8-19-2/h3-4,9H,5-8,17H2,1-2H3. The fraction of sp³-hybridized carbons (Fsp3) is 0.400. The van der Waals surface area contributed by atoms with Gasteiger partial charge >= 0.3 is 0 Å². The molecule has 0 fully saturated rings. The molecule has 0 atom stereocenters. The number of hydrogen-bond donors (Lipinski definition) is 1. The third-order valence-corrected chi connectivity index (χ3v) is 4.66. The molecule has 0 amide bonds. The van der Waals surface area contributed by atoms with E-state index in [1.165, 1.54) is 4.88 Å². The van der Waals surface area contributed by atoms with E-state index in [1.54, 1.807) is 18.4 Å². The Morgan fingerprint density at radius 2 is 2.15 bits per heavy atom. The van der Waals surface area contributed by atoms with Crippen LogP contribution >= 0.6 is 22.9 Å². The number of rotatable bonds is 6. The molecule has 2 rings (SSSR count). The zero-order chi connectivity index (χ0) is 14.5. The van der Waals surface area contributed by atoms with Gasteiger partial charge in [0.2, 0.25) is 0 Å². The van der Waals surface area contributed by atoms with Gasteiger partial charge in [-0.3, -0.25) is 0 Å². The van der Waals surface area contributed by atoms with Crippen molar-refractivity contribution in [1.29, 1.82) is 0 Å². The fourth-order valence-electron chi connectivity index (χ4n) is 2.01. The van der Waals surface area contributed by atoms with Gasteiger partial charge in [-0.05, 0) is 37.6 Å². The van der Waals surface area contributed by atoms with Crippen LogP contribution < -0.4 is 5.73 Å². The second kappa shape index (κ2) is 7.18. The van der Waals surface area contributed by atoms with E-state index in [0.29, 0.717) is 13.2 Å². The quantitative estimate of drug-likeness (QED) is 0.889. The number of hydrogen-bond acceptors (Lipinski definition) is 4. The monoisotopic (exact) mass is 310 g/mol. The first-order valence-electron chi connectivity index (χ1n) is 6.59. The van der Waals surface area contributed by atoms with E-state index in [1.807, 2.05) is 19.1 Å². The predicted octanol–water partition coefficient (Wildman–Crippen LogP) is 3.46. The minimum absolute atomic E-state index is 0.630. The lowest BCUT2D eigenvalue weighted by Gasteiger charge is -2.04. The molecule has 2 aromatic rings. The summed E-state index contributed by atoms with van der Waals surface area (Å²) >= 11 is 7.81. The average molecular weight is 311 g/mol. The number of nitrogens with zero attached hydrogens (tertiary/aromatic N) is 1. The van der Waals surface area contributed by atoms with Gasteiger partial charge in [-0.25, -0.2) is 4.98 Å². The molecule has 0 aliphatic carbocycles. The summed E-state index contributed by atoms with van der Waals surface area (Å²) in [5, 5.41) is 1.88. The van der Waals surface area contributed by atoms with Crippen LogP contribution in [-0.4, -0.2) is 25.2 Å². The summed E-state index contributed by atoms with van der Waals surface area (Å²) in [7, 11) is 1.71. The molecule has 20 heavy (non-hydrogen) atoms. The minimum atomic E-state index is 0.630. The Bertz CT molecular complexity index is 583. The van der Waals surface area contributed by atoms with Gasteiger partial charge < -0.3 is 10.5 Å². The molecule has 1 aromatic carbocycles. The molecule has 0 aliphatic heterocycles. The van der Waals surface area contributed by atoms with Crippen LogP contribution in [0.3, 0.4) is 0 Å². The van der Waals surface area contributed by atoms with Crippen molar-refractivity contribution in [3.8, 4) is 11.3 Å². The Labute approximate surface area is 128 Å². The Balaban J connectivity index is 2.36. The number of aryl methyl sites for hydroxylation is 1. The fourth-order valence-corrected chi connectivity index (χ4v) is 3.22. The van der Waals surface area contributed by atoms with Crippen LogP contribution in [0.2, 0.25) is 5.02 Å².